The summed E-state index contributed by atoms with van der Waals surface area (Å²) in [6.07, 6.45) is 0.361. The van der Waals surface area contributed by atoms with Crippen molar-refractivity contribution in [2.24, 2.45) is 0 Å². The van der Waals surface area contributed by atoms with Crippen molar-refractivity contribution in [3.8, 4) is 22.9 Å². The molecule has 156 valence electrons. The minimum atomic E-state index is -0.943. The van der Waals surface area contributed by atoms with Gasteiger partial charge in [-0.1, -0.05) is 24.3 Å². The number of nitriles is 1. The maximum atomic E-state index is 13.6. The van der Waals surface area contributed by atoms with Crippen LogP contribution in [0.2, 0.25) is 0 Å². The number of rotatable bonds is 7. The summed E-state index contributed by atoms with van der Waals surface area (Å²) in [5.41, 5.74) is 2.17. The van der Waals surface area contributed by atoms with Crippen LogP contribution in [-0.2, 0) is 4.79 Å². The first kappa shape index (κ1) is 21.7. The van der Waals surface area contributed by atoms with E-state index in [9.17, 15) is 18.4 Å². The fraction of sp³-hybridized carbons (Fsp3) is 0.125. The lowest BCUT2D eigenvalue weighted by Gasteiger charge is -2.08. The van der Waals surface area contributed by atoms with Crippen LogP contribution in [0, 0.1) is 23.0 Å². The molecule has 3 aromatic carbocycles. The molecule has 0 radical (unpaired) electrons. The zero-order valence-corrected chi connectivity index (χ0v) is 16.4. The van der Waals surface area contributed by atoms with Gasteiger partial charge in [-0.3, -0.25) is 9.59 Å². The molecule has 5 nitrogen and oxygen atoms in total. The van der Waals surface area contributed by atoms with Crippen molar-refractivity contribution in [1.29, 1.82) is 5.26 Å². The van der Waals surface area contributed by atoms with Gasteiger partial charge in [-0.15, -0.1) is 0 Å². The van der Waals surface area contributed by atoms with Crippen LogP contribution in [0.5, 0.6) is 5.75 Å². The van der Waals surface area contributed by atoms with Gasteiger partial charge in [-0.2, -0.15) is 5.26 Å². The Balaban J connectivity index is 1.44. The summed E-state index contributed by atoms with van der Waals surface area (Å²) in [4.78, 5) is 23.9. The van der Waals surface area contributed by atoms with Gasteiger partial charge in [0.15, 0.2) is 0 Å². The van der Waals surface area contributed by atoms with E-state index in [0.717, 1.165) is 23.3 Å². The van der Waals surface area contributed by atoms with Gasteiger partial charge in [0.05, 0.1) is 17.2 Å². The Kier molecular flexibility index (Phi) is 7.07. The number of carbonyl (C=O) groups excluding carboxylic acids is 2. The van der Waals surface area contributed by atoms with Gasteiger partial charge in [0.2, 0.25) is 0 Å². The molecule has 0 bridgehead atoms. The molecule has 0 aliphatic heterocycles. The number of carbonyl (C=O) groups is 2. The van der Waals surface area contributed by atoms with Crippen molar-refractivity contribution in [2.45, 2.75) is 12.8 Å². The van der Waals surface area contributed by atoms with Crippen LogP contribution in [0.3, 0.4) is 0 Å². The molecule has 0 unspecified atom stereocenters. The third-order valence-electron chi connectivity index (χ3n) is 4.45. The molecule has 3 rings (SSSR count). The van der Waals surface area contributed by atoms with Crippen LogP contribution in [0.25, 0.3) is 11.1 Å². The molecule has 0 saturated carbocycles. The molecule has 3 aromatic rings. The van der Waals surface area contributed by atoms with Crippen LogP contribution in [-0.4, -0.2) is 18.4 Å². The van der Waals surface area contributed by atoms with Crippen molar-refractivity contribution in [3.05, 3.63) is 89.5 Å². The van der Waals surface area contributed by atoms with E-state index in [1.165, 1.54) is 0 Å². The van der Waals surface area contributed by atoms with Gasteiger partial charge in [-0.05, 0) is 53.9 Å². The van der Waals surface area contributed by atoms with Gasteiger partial charge >= 0.3 is 5.97 Å². The molecule has 0 spiro atoms. The van der Waals surface area contributed by atoms with E-state index in [4.69, 9.17) is 10.00 Å². The number of amides is 1. The predicted octanol–water partition coefficient (Wildman–Crippen LogP) is 4.62. The lowest BCUT2D eigenvalue weighted by atomic mass is 10.0. The number of hydrogen-bond acceptors (Lipinski definition) is 4. The Morgan fingerprint density at radius 1 is 0.935 bits per heavy atom. The van der Waals surface area contributed by atoms with Crippen molar-refractivity contribution in [2.75, 3.05) is 6.54 Å². The Morgan fingerprint density at radius 3 is 2.19 bits per heavy atom. The van der Waals surface area contributed by atoms with Crippen LogP contribution in [0.4, 0.5) is 8.78 Å². The van der Waals surface area contributed by atoms with Crippen LogP contribution in [0.1, 0.15) is 28.8 Å². The lowest BCUT2D eigenvalue weighted by Crippen LogP contribution is -2.26. The van der Waals surface area contributed by atoms with Crippen LogP contribution in [0.15, 0.2) is 66.7 Å². The van der Waals surface area contributed by atoms with E-state index in [-0.39, 0.29) is 18.5 Å². The third-order valence-corrected chi connectivity index (χ3v) is 4.45. The predicted molar refractivity (Wildman–Crippen MR) is 110 cm³/mol. The van der Waals surface area contributed by atoms with Crippen molar-refractivity contribution in [1.82, 2.24) is 5.32 Å². The van der Waals surface area contributed by atoms with E-state index < -0.39 is 23.5 Å². The number of hydrogen-bond donors (Lipinski definition) is 1. The Labute approximate surface area is 177 Å². The number of halogens is 2. The van der Waals surface area contributed by atoms with Crippen molar-refractivity contribution in [3.63, 3.8) is 0 Å². The van der Waals surface area contributed by atoms with Gasteiger partial charge in [0.25, 0.3) is 5.91 Å². The topological polar surface area (TPSA) is 79.2 Å². The van der Waals surface area contributed by atoms with Crippen molar-refractivity contribution < 1.29 is 23.1 Å². The standard InChI is InChI=1S/C24H18F2N2O3/c25-19-9-12-21(22(26)14-19)24(30)28-13-1-2-23(29)31-20-10-7-18(8-11-20)17-5-3-16(15-27)4-6-17/h3-12,14H,1-2,13H2,(H,28,30). The van der Waals surface area contributed by atoms with Gasteiger partial charge in [0.1, 0.15) is 17.4 Å². The average Bonchev–Trinajstić information content (AvgIpc) is 2.77. The molecule has 1 amide bonds. The first-order chi connectivity index (χ1) is 15.0. The highest BCUT2D eigenvalue weighted by atomic mass is 19.1. The summed E-state index contributed by atoms with van der Waals surface area (Å²) >= 11 is 0. The summed E-state index contributed by atoms with van der Waals surface area (Å²) in [5.74, 6) is -2.46. The van der Waals surface area contributed by atoms with Crippen LogP contribution < -0.4 is 10.1 Å². The summed E-state index contributed by atoms with van der Waals surface area (Å²) in [5, 5.41) is 11.3. The number of ether oxygens (including phenoxy) is 1. The zero-order valence-electron chi connectivity index (χ0n) is 16.4. The van der Waals surface area contributed by atoms with E-state index in [1.54, 1.807) is 24.3 Å². The molecule has 7 heteroatoms. The molecule has 0 heterocycles. The van der Waals surface area contributed by atoms with Gasteiger partial charge < -0.3 is 10.1 Å². The monoisotopic (exact) mass is 420 g/mol. The maximum Gasteiger partial charge on any atom is 0.311 e. The molecule has 0 fully saturated rings. The summed E-state index contributed by atoms with van der Waals surface area (Å²) in [6.45, 7) is 0.141. The van der Waals surface area contributed by atoms with E-state index in [0.29, 0.717) is 23.8 Å². The normalized spacial score (nSPS) is 10.2. The molecule has 0 atom stereocenters. The SMILES string of the molecule is N#Cc1ccc(-c2ccc(OC(=O)CCCNC(=O)c3ccc(F)cc3F)cc2)cc1. The fourth-order valence-corrected chi connectivity index (χ4v) is 2.84. The summed E-state index contributed by atoms with van der Waals surface area (Å²) in [6, 6.07) is 18.9. The molecular formula is C24H18F2N2O3. The second-order valence-electron chi connectivity index (χ2n) is 6.67. The quantitative estimate of drug-likeness (QED) is 0.344. The van der Waals surface area contributed by atoms with E-state index >= 15 is 0 Å². The van der Waals surface area contributed by atoms with Gasteiger partial charge in [0, 0.05) is 19.0 Å². The number of esters is 1. The van der Waals surface area contributed by atoms with Crippen molar-refractivity contribution >= 4 is 11.9 Å². The van der Waals surface area contributed by atoms with Crippen LogP contribution >= 0.6 is 0 Å². The summed E-state index contributed by atoms with van der Waals surface area (Å²) in [7, 11) is 0. The first-order valence-corrected chi connectivity index (χ1v) is 9.51. The highest BCUT2D eigenvalue weighted by Gasteiger charge is 2.12. The lowest BCUT2D eigenvalue weighted by molar-refractivity contribution is -0.134. The molecular weight excluding hydrogens is 402 g/mol. The minimum Gasteiger partial charge on any atom is -0.427 e. The second-order valence-corrected chi connectivity index (χ2v) is 6.67. The smallest absolute Gasteiger partial charge is 0.311 e. The summed E-state index contributed by atoms with van der Waals surface area (Å²) < 4.78 is 31.7. The highest BCUT2D eigenvalue weighted by Crippen LogP contribution is 2.23. The highest BCUT2D eigenvalue weighted by molar-refractivity contribution is 5.94. The van der Waals surface area contributed by atoms with E-state index in [2.05, 4.69) is 11.4 Å². The zero-order chi connectivity index (χ0) is 22.2. The minimum absolute atomic E-state index is 0.0591. The molecule has 0 aliphatic rings. The maximum absolute atomic E-state index is 13.6. The molecule has 1 N–H and O–H groups in total. The molecule has 31 heavy (non-hydrogen) atoms. The Hall–Kier alpha value is -4.05. The second kappa shape index (κ2) is 10.1. The third kappa shape index (κ3) is 5.97. The van der Waals surface area contributed by atoms with E-state index in [1.807, 2.05) is 24.3 Å². The fourth-order valence-electron chi connectivity index (χ4n) is 2.84. The molecule has 0 saturated heterocycles. The van der Waals surface area contributed by atoms with Gasteiger partial charge in [-0.25, -0.2) is 8.78 Å². The number of nitrogens with one attached hydrogen (secondary N) is 1. The molecule has 0 aliphatic carbocycles. The Bertz CT molecular complexity index is 1120. The Morgan fingerprint density at radius 2 is 1.58 bits per heavy atom. The average molecular weight is 420 g/mol. The number of benzene rings is 3. The largest absolute Gasteiger partial charge is 0.427 e. The molecule has 0 aromatic heterocycles. The number of nitrogens with zero attached hydrogens (tertiary/aromatic N) is 1. The first-order valence-electron chi connectivity index (χ1n) is 9.51.